The van der Waals surface area contributed by atoms with Crippen LogP contribution in [0.3, 0.4) is 0 Å². The van der Waals surface area contributed by atoms with Crippen LogP contribution in [0.15, 0.2) is 42.6 Å². The molecule has 0 N–H and O–H groups in total. The van der Waals surface area contributed by atoms with Crippen LogP contribution in [0.1, 0.15) is 34.6 Å². The van der Waals surface area contributed by atoms with E-state index in [1.54, 1.807) is 6.20 Å². The second kappa shape index (κ2) is 4.93. The molecule has 1 aromatic carbocycles. The lowest BCUT2D eigenvalue weighted by molar-refractivity contribution is 0.410. The van der Waals surface area contributed by atoms with Crippen LogP contribution in [-0.2, 0) is 6.37 Å². The fourth-order valence-corrected chi connectivity index (χ4v) is 1.83. The molecule has 0 amide bonds. The molecule has 2 rings (SSSR count). The molecule has 0 aliphatic rings. The summed E-state index contributed by atoms with van der Waals surface area (Å²) in [6.07, 6.45) is 0.366. The Kier molecular flexibility index (Phi) is 2.82. The van der Waals surface area contributed by atoms with Crippen molar-refractivity contribution in [3.05, 3.63) is 53.7 Å². The van der Waals surface area contributed by atoms with E-state index in [2.05, 4.69) is 4.98 Å². The SMILES string of the molecule is [2H]C([2H])(c1cc(-c2ccccc2)ncc1C)C(C)(C)C. The second-order valence-corrected chi connectivity index (χ2v) is 5.63. The van der Waals surface area contributed by atoms with Crippen LogP contribution in [0, 0.1) is 12.3 Å². The molecule has 0 unspecified atom stereocenters. The van der Waals surface area contributed by atoms with Crippen molar-refractivity contribution in [2.45, 2.75) is 34.1 Å². The molecule has 0 bridgehead atoms. The zero-order valence-corrected chi connectivity index (χ0v) is 11.5. The fourth-order valence-electron chi connectivity index (χ4n) is 1.83. The van der Waals surface area contributed by atoms with Gasteiger partial charge in [-0.15, -0.1) is 0 Å². The number of benzene rings is 1. The fraction of sp³-hybridized carbons (Fsp3) is 0.353. The Morgan fingerprint density at radius 1 is 1.17 bits per heavy atom. The van der Waals surface area contributed by atoms with E-state index in [1.165, 1.54) is 0 Å². The maximum absolute atomic E-state index is 8.46. The van der Waals surface area contributed by atoms with E-state index in [9.17, 15) is 0 Å². The number of rotatable bonds is 2. The number of hydrogen-bond acceptors (Lipinski definition) is 1. The van der Waals surface area contributed by atoms with Crippen molar-refractivity contribution in [2.75, 3.05) is 0 Å². The molecule has 1 nitrogen and oxygen atoms in total. The van der Waals surface area contributed by atoms with Gasteiger partial charge in [-0.05, 0) is 35.9 Å². The molecular weight excluding hydrogens is 218 g/mol. The van der Waals surface area contributed by atoms with Crippen LogP contribution in [0.2, 0.25) is 0 Å². The molecule has 1 aromatic heterocycles. The van der Waals surface area contributed by atoms with E-state index in [0.717, 1.165) is 22.4 Å². The van der Waals surface area contributed by atoms with Crippen molar-refractivity contribution in [3.8, 4) is 11.3 Å². The molecule has 94 valence electrons. The standard InChI is InChI=1S/C17H21N/c1-13-12-18-16(14-8-6-5-7-9-14)10-15(13)11-17(2,3)4/h5-10,12H,11H2,1-4H3/i11D2. The average Bonchev–Trinajstić information content (AvgIpc) is 2.38. The smallest absolute Gasteiger partial charge is 0.0704 e. The van der Waals surface area contributed by atoms with Crippen molar-refractivity contribution in [1.82, 2.24) is 4.98 Å². The third-order valence-electron chi connectivity index (χ3n) is 2.68. The number of aromatic nitrogens is 1. The minimum absolute atomic E-state index is 0.465. The molecule has 0 aliphatic heterocycles. The van der Waals surface area contributed by atoms with E-state index in [1.807, 2.05) is 64.1 Å². The largest absolute Gasteiger partial charge is 0.256 e. The summed E-state index contributed by atoms with van der Waals surface area (Å²) in [6, 6.07) is 11.8. The van der Waals surface area contributed by atoms with Crippen LogP contribution < -0.4 is 0 Å². The summed E-state index contributed by atoms with van der Waals surface area (Å²) in [5.41, 5.74) is 2.98. The highest BCUT2D eigenvalue weighted by atomic mass is 14.7. The predicted octanol–water partition coefficient (Wildman–Crippen LogP) is 4.65. The molecule has 1 heteroatoms. The molecule has 0 fully saturated rings. The Labute approximate surface area is 113 Å². The normalized spacial score (nSPS) is 14.0. The van der Waals surface area contributed by atoms with Gasteiger partial charge >= 0.3 is 0 Å². The first-order valence-corrected chi connectivity index (χ1v) is 6.26. The molecule has 2 aromatic rings. The summed E-state index contributed by atoms with van der Waals surface area (Å²) in [4.78, 5) is 4.44. The zero-order chi connectivity index (χ0) is 15.0. The Bertz CT molecular complexity index is 598. The summed E-state index contributed by atoms with van der Waals surface area (Å²) < 4.78 is 16.9. The Morgan fingerprint density at radius 3 is 2.44 bits per heavy atom. The molecule has 0 saturated carbocycles. The number of nitrogens with zero attached hydrogens (tertiary/aromatic N) is 1. The number of aryl methyl sites for hydroxylation is 1. The minimum Gasteiger partial charge on any atom is -0.256 e. The molecule has 0 aliphatic carbocycles. The van der Waals surface area contributed by atoms with Gasteiger partial charge in [0, 0.05) is 14.5 Å². The van der Waals surface area contributed by atoms with Crippen molar-refractivity contribution in [2.24, 2.45) is 5.41 Å². The van der Waals surface area contributed by atoms with Crippen LogP contribution in [0.25, 0.3) is 11.3 Å². The molecule has 0 saturated heterocycles. The van der Waals surface area contributed by atoms with Gasteiger partial charge in [0.15, 0.2) is 0 Å². The van der Waals surface area contributed by atoms with Gasteiger partial charge in [-0.2, -0.15) is 0 Å². The van der Waals surface area contributed by atoms with Gasteiger partial charge in [-0.25, -0.2) is 0 Å². The summed E-state index contributed by atoms with van der Waals surface area (Å²) in [5, 5.41) is 0. The number of hydrogen-bond donors (Lipinski definition) is 0. The molecule has 1 heterocycles. The summed E-state index contributed by atoms with van der Waals surface area (Å²) in [6.45, 7) is 7.69. The topological polar surface area (TPSA) is 12.9 Å². The highest BCUT2D eigenvalue weighted by molar-refractivity contribution is 5.60. The quantitative estimate of drug-likeness (QED) is 0.746. The molecule has 0 spiro atoms. The monoisotopic (exact) mass is 241 g/mol. The van der Waals surface area contributed by atoms with Gasteiger partial charge in [-0.1, -0.05) is 51.1 Å². The first-order chi connectivity index (χ1) is 9.23. The van der Waals surface area contributed by atoms with E-state index >= 15 is 0 Å². The Morgan fingerprint density at radius 2 is 1.83 bits per heavy atom. The predicted molar refractivity (Wildman–Crippen MR) is 77.6 cm³/mol. The van der Waals surface area contributed by atoms with Gasteiger partial charge in [0.25, 0.3) is 0 Å². The van der Waals surface area contributed by atoms with Crippen molar-refractivity contribution in [1.29, 1.82) is 0 Å². The molecule has 18 heavy (non-hydrogen) atoms. The first kappa shape index (κ1) is 10.3. The summed E-state index contributed by atoms with van der Waals surface area (Å²) in [5.74, 6) is 0. The lowest BCUT2D eigenvalue weighted by atomic mass is 9.86. The molecule has 0 radical (unpaired) electrons. The third-order valence-corrected chi connectivity index (χ3v) is 2.68. The first-order valence-electron chi connectivity index (χ1n) is 7.26. The highest BCUT2D eigenvalue weighted by Gasteiger charge is 2.14. The summed E-state index contributed by atoms with van der Waals surface area (Å²) in [7, 11) is 0. The second-order valence-electron chi connectivity index (χ2n) is 5.63. The minimum atomic E-state index is -1.40. The van der Waals surface area contributed by atoms with Crippen LogP contribution in [0.5, 0.6) is 0 Å². The zero-order valence-electron chi connectivity index (χ0n) is 13.5. The van der Waals surface area contributed by atoms with Gasteiger partial charge in [0.05, 0.1) is 5.69 Å². The molecular formula is C17H21N. The maximum Gasteiger partial charge on any atom is 0.0704 e. The van der Waals surface area contributed by atoms with Crippen LogP contribution >= 0.6 is 0 Å². The Balaban J connectivity index is 2.56. The lowest BCUT2D eigenvalue weighted by Crippen LogP contribution is -2.10. The van der Waals surface area contributed by atoms with Gasteiger partial charge in [0.1, 0.15) is 0 Å². The van der Waals surface area contributed by atoms with Crippen molar-refractivity contribution >= 4 is 0 Å². The van der Waals surface area contributed by atoms with E-state index in [-0.39, 0.29) is 0 Å². The van der Waals surface area contributed by atoms with Crippen molar-refractivity contribution < 1.29 is 2.74 Å². The van der Waals surface area contributed by atoms with Crippen LogP contribution in [-0.4, -0.2) is 4.98 Å². The van der Waals surface area contributed by atoms with Crippen LogP contribution in [0.4, 0.5) is 0 Å². The highest BCUT2D eigenvalue weighted by Crippen LogP contribution is 2.25. The van der Waals surface area contributed by atoms with E-state index in [0.29, 0.717) is 0 Å². The van der Waals surface area contributed by atoms with Gasteiger partial charge in [-0.3, -0.25) is 4.98 Å². The van der Waals surface area contributed by atoms with Crippen molar-refractivity contribution in [3.63, 3.8) is 0 Å². The Hall–Kier alpha value is -1.63. The molecule has 0 atom stereocenters. The lowest BCUT2D eigenvalue weighted by Gasteiger charge is -2.20. The van der Waals surface area contributed by atoms with Gasteiger partial charge < -0.3 is 0 Å². The average molecular weight is 241 g/mol. The van der Waals surface area contributed by atoms with Gasteiger partial charge in [0.2, 0.25) is 0 Å². The van der Waals surface area contributed by atoms with E-state index in [4.69, 9.17) is 2.74 Å². The van der Waals surface area contributed by atoms with E-state index < -0.39 is 11.8 Å². The maximum atomic E-state index is 8.46. The summed E-state index contributed by atoms with van der Waals surface area (Å²) >= 11 is 0. The third kappa shape index (κ3) is 3.19. The number of pyridine rings is 1.